The summed E-state index contributed by atoms with van der Waals surface area (Å²) in [4.78, 5) is 77.3. The number of carbonyl (C=O) groups excluding carboxylic acids is 4. The van der Waals surface area contributed by atoms with E-state index in [4.69, 9.17) is 45.0 Å². The number of likely N-dealkylation sites (tertiary alicyclic amines) is 1. The first-order valence-corrected chi connectivity index (χ1v) is 30.0. The minimum atomic E-state index is -0.841. The molecule has 3 amide bonds. The lowest BCUT2D eigenvalue weighted by molar-refractivity contribution is -0.146. The molecule has 0 spiro atoms. The molecule has 8 rings (SSSR count). The fourth-order valence-corrected chi connectivity index (χ4v) is 11.5. The highest BCUT2D eigenvalue weighted by Gasteiger charge is 2.44. The zero-order chi connectivity index (χ0) is 59.6. The Kier molecular flexibility index (Phi) is 23.4. The van der Waals surface area contributed by atoms with Crippen LogP contribution in [0.5, 0.6) is 5.75 Å². The minimum Gasteiger partial charge on any atom is -0.494 e. The molecule has 2 saturated heterocycles. The minimum absolute atomic E-state index is 0.000721. The number of aliphatic hydroxyl groups is 1. The van der Waals surface area contributed by atoms with E-state index in [9.17, 15) is 24.3 Å². The van der Waals surface area contributed by atoms with Crippen molar-refractivity contribution in [2.24, 2.45) is 11.3 Å². The van der Waals surface area contributed by atoms with Gasteiger partial charge in [-0.05, 0) is 54.5 Å². The molecule has 0 bridgehead atoms. The van der Waals surface area contributed by atoms with Crippen molar-refractivity contribution >= 4 is 74.7 Å². The second-order valence-electron chi connectivity index (χ2n) is 22.2. The SMILES string of the molecule is COc1cc(N2CCC(N(C)C(=O)CCOCCOCCOCCOCCOCCC(=O)C[C@H](C(=O)N3C[C@H](O)C[C@H]3C(=O)NCc3ccc(-c4scnc4C)cc3)C(C)(C)C)CC2)ccc1Nc1ncc(Cl)c(-c2c[nH]c3ccccc23)n1. The lowest BCUT2D eigenvalue weighted by atomic mass is 9.76. The molecule has 0 radical (unpaired) electrons. The number of para-hydroxylation sites is 1. The van der Waals surface area contributed by atoms with Crippen LogP contribution in [0.4, 0.5) is 17.3 Å². The number of hydrogen-bond donors (Lipinski definition) is 4. The van der Waals surface area contributed by atoms with Gasteiger partial charge >= 0.3 is 0 Å². The first-order valence-electron chi connectivity index (χ1n) is 28.8. The highest BCUT2D eigenvalue weighted by atomic mass is 35.5. The zero-order valence-corrected chi connectivity index (χ0v) is 50.6. The number of piperidine rings is 1. The number of thiazole rings is 1. The van der Waals surface area contributed by atoms with Gasteiger partial charge in [0.05, 0.1) is 124 Å². The molecule has 84 heavy (non-hydrogen) atoms. The molecule has 0 saturated carbocycles. The number of halogens is 1. The largest absolute Gasteiger partial charge is 0.494 e. The Morgan fingerprint density at radius 3 is 2.17 bits per heavy atom. The van der Waals surface area contributed by atoms with Crippen LogP contribution in [0.2, 0.25) is 5.02 Å². The van der Waals surface area contributed by atoms with E-state index in [0.717, 1.165) is 75.5 Å². The number of aromatic nitrogens is 4. The number of H-pyrrole nitrogens is 1. The van der Waals surface area contributed by atoms with Gasteiger partial charge < -0.3 is 63.8 Å². The Morgan fingerprint density at radius 2 is 1.52 bits per heavy atom. The van der Waals surface area contributed by atoms with Crippen molar-refractivity contribution in [3.05, 3.63) is 101 Å². The highest BCUT2D eigenvalue weighted by molar-refractivity contribution is 7.13. The summed E-state index contributed by atoms with van der Waals surface area (Å²) >= 11 is 8.15. The first-order chi connectivity index (χ1) is 40.6. The number of methoxy groups -OCH3 is 1. The summed E-state index contributed by atoms with van der Waals surface area (Å²) in [6, 6.07) is 21.2. The normalized spacial score (nSPS) is 16.0. The van der Waals surface area contributed by atoms with Crippen molar-refractivity contribution < 1.29 is 52.7 Å². The van der Waals surface area contributed by atoms with E-state index >= 15 is 0 Å². The molecule has 3 aromatic carbocycles. The molecular formula is C62H80ClN9O11S. The molecule has 3 atom stereocenters. The molecule has 5 heterocycles. The Labute approximate surface area is 500 Å². The standard InChI is InChI=1S/C62H80ClN9O11S/c1-41-58(84-40-67-41)43-13-11-42(12-14-43)36-65-59(76)54-35-47(74)39-72(54)60(77)50(62(2,3)4)34-46(73)19-23-79-25-27-81-29-31-83-32-30-82-28-26-80-24-20-56(75)70(5)44-17-21-71(22-18-44)45-15-16-53(55(33-45)78-6)68-61-66-38-51(63)57(69-61)49-37-64-52-10-8-7-9-48(49)52/h7-16,33,37-38,40,44,47,50,54,64,74H,17-32,34-36,39H2,1-6H3,(H,65,76)(H,66,68,69)/t47-,50-,54+/m1/s1. The number of aromatic amines is 1. The summed E-state index contributed by atoms with van der Waals surface area (Å²) in [7, 11) is 3.51. The van der Waals surface area contributed by atoms with E-state index in [1.165, 1.54) is 4.90 Å². The summed E-state index contributed by atoms with van der Waals surface area (Å²) in [5, 5.41) is 18.3. The van der Waals surface area contributed by atoms with Crippen LogP contribution in [0.1, 0.15) is 70.6 Å². The molecule has 2 aliphatic rings. The maximum Gasteiger partial charge on any atom is 0.243 e. The fraction of sp³-hybridized carbons (Fsp3) is 0.500. The van der Waals surface area contributed by atoms with Gasteiger partial charge in [-0.2, -0.15) is 0 Å². The van der Waals surface area contributed by atoms with Gasteiger partial charge in [-0.1, -0.05) is 74.8 Å². The number of nitrogens with one attached hydrogen (secondary N) is 3. The monoisotopic (exact) mass is 1190 g/mol. The van der Waals surface area contributed by atoms with Crippen LogP contribution in [0.15, 0.2) is 84.6 Å². The predicted molar refractivity (Wildman–Crippen MR) is 325 cm³/mol. The quantitative estimate of drug-likeness (QED) is 0.0298. The second-order valence-corrected chi connectivity index (χ2v) is 23.4. The number of nitrogens with zero attached hydrogens (tertiary/aromatic N) is 6. The molecule has 4 N–H and O–H groups in total. The molecule has 2 fully saturated rings. The molecule has 0 unspecified atom stereocenters. The number of aryl methyl sites for hydroxylation is 1. The van der Waals surface area contributed by atoms with Gasteiger partial charge in [0.1, 0.15) is 17.6 Å². The summed E-state index contributed by atoms with van der Waals surface area (Å²) in [5.74, 6) is -0.363. The number of amides is 3. The van der Waals surface area contributed by atoms with Gasteiger partial charge in [-0.25, -0.2) is 15.0 Å². The molecule has 6 aromatic rings. The molecule has 20 nitrogen and oxygen atoms in total. The highest BCUT2D eigenvalue weighted by Crippen LogP contribution is 2.37. The summed E-state index contributed by atoms with van der Waals surface area (Å²) in [6.07, 6.45) is 4.87. The van der Waals surface area contributed by atoms with Crippen LogP contribution in [-0.4, -0.2) is 176 Å². The lowest BCUT2D eigenvalue weighted by Crippen LogP contribution is -2.50. The van der Waals surface area contributed by atoms with Crippen LogP contribution in [0.3, 0.4) is 0 Å². The lowest BCUT2D eigenvalue weighted by Gasteiger charge is -2.38. The Balaban J connectivity index is 0.621. The smallest absolute Gasteiger partial charge is 0.243 e. The van der Waals surface area contributed by atoms with Crippen LogP contribution >= 0.6 is 22.9 Å². The third-order valence-electron chi connectivity index (χ3n) is 15.3. The maximum absolute atomic E-state index is 14.0. The van der Waals surface area contributed by atoms with Gasteiger partial charge in [0.25, 0.3) is 0 Å². The topological polar surface area (TPSA) is 232 Å². The van der Waals surface area contributed by atoms with Crippen LogP contribution in [0.25, 0.3) is 32.6 Å². The van der Waals surface area contributed by atoms with E-state index in [2.05, 4.69) is 30.5 Å². The summed E-state index contributed by atoms with van der Waals surface area (Å²) < 4.78 is 34.0. The number of fused-ring (bicyclic) bond motifs is 1. The third kappa shape index (κ3) is 17.5. The van der Waals surface area contributed by atoms with Crippen molar-refractivity contribution in [1.29, 1.82) is 0 Å². The molecule has 452 valence electrons. The van der Waals surface area contributed by atoms with Crippen molar-refractivity contribution in [2.75, 3.05) is 110 Å². The van der Waals surface area contributed by atoms with Crippen molar-refractivity contribution in [1.82, 2.24) is 35.1 Å². The first kappa shape index (κ1) is 63.5. The number of ketones is 1. The van der Waals surface area contributed by atoms with E-state index in [1.807, 2.05) is 118 Å². The Bertz CT molecular complexity index is 3110. The molecule has 2 aliphatic heterocycles. The number of β-amino-alcohol motifs (C(OH)–C–C–N with tert-alkyl or cyclic N) is 1. The van der Waals surface area contributed by atoms with E-state index in [0.29, 0.717) is 88.3 Å². The second kappa shape index (κ2) is 31.0. The number of aliphatic hydroxyl groups excluding tert-OH is 1. The van der Waals surface area contributed by atoms with Crippen LogP contribution in [0, 0.1) is 18.3 Å². The fourth-order valence-electron chi connectivity index (χ4n) is 10.5. The van der Waals surface area contributed by atoms with Gasteiger partial charge in [0, 0.05) is 98.9 Å². The molecule has 3 aromatic heterocycles. The Morgan fingerprint density at radius 1 is 0.869 bits per heavy atom. The average molecular weight is 1190 g/mol. The number of benzene rings is 3. The van der Waals surface area contributed by atoms with Gasteiger partial charge in [-0.15, -0.1) is 11.3 Å². The van der Waals surface area contributed by atoms with Crippen molar-refractivity contribution in [3.63, 3.8) is 0 Å². The Hall–Kier alpha value is -6.56. The van der Waals surface area contributed by atoms with Gasteiger partial charge in [0.15, 0.2) is 0 Å². The number of ether oxygens (including phenoxy) is 6. The average Bonchev–Trinajstić information content (AvgIpc) is 3.68. The van der Waals surface area contributed by atoms with Crippen molar-refractivity contribution in [3.8, 4) is 27.4 Å². The number of carbonyl (C=O) groups is 4. The van der Waals surface area contributed by atoms with E-state index in [1.54, 1.807) is 24.6 Å². The van der Waals surface area contributed by atoms with Crippen LogP contribution < -0.4 is 20.3 Å². The number of hydrogen-bond acceptors (Lipinski definition) is 17. The number of Topliss-reactive ketones (excluding diaryl/α,β-unsaturated/α-hetero) is 1. The summed E-state index contributed by atoms with van der Waals surface area (Å²) in [5.41, 5.74) is 8.43. The number of rotatable bonds is 31. The molecule has 22 heteroatoms. The maximum atomic E-state index is 14.0. The van der Waals surface area contributed by atoms with E-state index < -0.39 is 23.5 Å². The van der Waals surface area contributed by atoms with E-state index in [-0.39, 0.29) is 68.5 Å². The zero-order valence-electron chi connectivity index (χ0n) is 49.0. The van der Waals surface area contributed by atoms with Gasteiger partial charge in [0.2, 0.25) is 23.7 Å². The molecule has 0 aliphatic carbocycles. The summed E-state index contributed by atoms with van der Waals surface area (Å²) in [6.45, 7) is 13.0. The predicted octanol–water partition coefficient (Wildman–Crippen LogP) is 8.65. The third-order valence-corrected chi connectivity index (χ3v) is 16.6. The van der Waals surface area contributed by atoms with Crippen LogP contribution in [-0.2, 0) is 49.4 Å². The van der Waals surface area contributed by atoms with Gasteiger partial charge in [-0.3, -0.25) is 19.2 Å². The molecular weight excluding hydrogens is 1110 g/mol. The van der Waals surface area contributed by atoms with Crippen molar-refractivity contribution in [2.45, 2.75) is 91.0 Å². The number of anilines is 3.